The second-order valence-corrected chi connectivity index (χ2v) is 8.04. The Kier molecular flexibility index (Phi) is 7.12. The summed E-state index contributed by atoms with van der Waals surface area (Å²) in [6.07, 6.45) is 6.34. The molecule has 0 bridgehead atoms. The summed E-state index contributed by atoms with van der Waals surface area (Å²) in [6.45, 7) is 5.53. The maximum atomic E-state index is 12.8. The van der Waals surface area contributed by atoms with Crippen LogP contribution in [0.15, 0.2) is 42.5 Å². The van der Waals surface area contributed by atoms with Gasteiger partial charge in [-0.1, -0.05) is 18.2 Å². The molecule has 2 aliphatic rings. The molecule has 2 fully saturated rings. The van der Waals surface area contributed by atoms with E-state index in [9.17, 15) is 9.59 Å². The van der Waals surface area contributed by atoms with Crippen LogP contribution in [0.2, 0.25) is 0 Å². The van der Waals surface area contributed by atoms with E-state index in [-0.39, 0.29) is 29.3 Å². The number of thiocarbonyl (C=S) groups is 1. The normalized spacial score (nSPS) is 17.6. The molecule has 0 radical (unpaired) electrons. The first-order valence-electron chi connectivity index (χ1n) is 10.8. The Morgan fingerprint density at radius 3 is 2.65 bits per heavy atom. The molecule has 34 heavy (non-hydrogen) atoms. The standard InChI is InChI=1S/C23H24N6O4S/c1-3-10-29-19(31)17(18(30)24-23(29)34)14-15-8-7-9-16(13-15)33-22-26-20(25-21(27-22)32-2)28-11-5-4-6-12-28/h3,7-9,13-14H,1,4-6,10-12H2,2H3,(H,24,30,34). The van der Waals surface area contributed by atoms with E-state index in [1.807, 2.05) is 0 Å². The number of aromatic nitrogens is 3. The third kappa shape index (κ3) is 5.20. The number of carbonyl (C=O) groups excluding carboxylic acids is 2. The summed E-state index contributed by atoms with van der Waals surface area (Å²) in [5.41, 5.74) is 0.543. The number of amides is 2. The Labute approximate surface area is 202 Å². The van der Waals surface area contributed by atoms with Crippen LogP contribution >= 0.6 is 12.2 Å². The van der Waals surface area contributed by atoms with Crippen molar-refractivity contribution in [3.05, 3.63) is 48.1 Å². The molecular weight excluding hydrogens is 456 g/mol. The molecule has 0 saturated carbocycles. The molecule has 2 saturated heterocycles. The molecule has 1 aromatic heterocycles. The van der Waals surface area contributed by atoms with Crippen molar-refractivity contribution in [2.45, 2.75) is 19.3 Å². The van der Waals surface area contributed by atoms with E-state index in [0.717, 1.165) is 25.9 Å². The van der Waals surface area contributed by atoms with E-state index < -0.39 is 11.8 Å². The summed E-state index contributed by atoms with van der Waals surface area (Å²) in [5, 5.41) is 2.58. The first kappa shape index (κ1) is 23.3. The largest absolute Gasteiger partial charge is 0.467 e. The number of anilines is 1. The van der Waals surface area contributed by atoms with Gasteiger partial charge in [0.05, 0.1) is 7.11 Å². The van der Waals surface area contributed by atoms with E-state index in [2.05, 4.69) is 31.7 Å². The average molecular weight is 481 g/mol. The van der Waals surface area contributed by atoms with Gasteiger partial charge in [-0.25, -0.2) is 0 Å². The van der Waals surface area contributed by atoms with Crippen molar-refractivity contribution >= 4 is 41.2 Å². The SMILES string of the molecule is C=CCN1C(=O)C(=Cc2cccc(Oc3nc(OC)nc(N4CCCCC4)n3)c2)C(=O)NC1=S. The van der Waals surface area contributed by atoms with Gasteiger partial charge in [0.2, 0.25) is 5.95 Å². The van der Waals surface area contributed by atoms with Crippen molar-refractivity contribution in [1.82, 2.24) is 25.2 Å². The summed E-state index contributed by atoms with van der Waals surface area (Å²) >= 11 is 5.08. The lowest BCUT2D eigenvalue weighted by Crippen LogP contribution is -2.53. The van der Waals surface area contributed by atoms with Crippen molar-refractivity contribution < 1.29 is 19.1 Å². The van der Waals surface area contributed by atoms with Gasteiger partial charge in [0.1, 0.15) is 11.3 Å². The molecule has 176 valence electrons. The molecule has 3 heterocycles. The minimum Gasteiger partial charge on any atom is -0.467 e. The topological polar surface area (TPSA) is 110 Å². The number of methoxy groups -OCH3 is 1. The van der Waals surface area contributed by atoms with Crippen LogP contribution in [-0.2, 0) is 9.59 Å². The number of carbonyl (C=O) groups is 2. The third-order valence-electron chi connectivity index (χ3n) is 5.28. The molecule has 11 heteroatoms. The Balaban J connectivity index is 1.58. The lowest BCUT2D eigenvalue weighted by Gasteiger charge is -2.27. The van der Waals surface area contributed by atoms with Crippen LogP contribution in [0.5, 0.6) is 17.8 Å². The molecule has 1 N–H and O–H groups in total. The van der Waals surface area contributed by atoms with Crippen LogP contribution < -0.4 is 19.7 Å². The average Bonchev–Trinajstić information content (AvgIpc) is 2.85. The van der Waals surface area contributed by atoms with Gasteiger partial charge in [0, 0.05) is 19.6 Å². The highest BCUT2D eigenvalue weighted by atomic mass is 32.1. The summed E-state index contributed by atoms with van der Waals surface area (Å²) in [4.78, 5) is 41.5. The third-order valence-corrected chi connectivity index (χ3v) is 5.60. The van der Waals surface area contributed by atoms with Crippen molar-refractivity contribution in [2.75, 3.05) is 31.6 Å². The van der Waals surface area contributed by atoms with Crippen LogP contribution in [0.1, 0.15) is 24.8 Å². The van der Waals surface area contributed by atoms with Gasteiger partial charge >= 0.3 is 12.0 Å². The molecule has 2 amide bonds. The smallest absolute Gasteiger partial charge is 0.330 e. The van der Waals surface area contributed by atoms with Gasteiger partial charge in [-0.2, -0.15) is 9.97 Å². The molecule has 2 aromatic rings. The first-order chi connectivity index (χ1) is 16.5. The van der Waals surface area contributed by atoms with Crippen molar-refractivity contribution in [2.24, 2.45) is 0 Å². The van der Waals surface area contributed by atoms with E-state index in [1.54, 1.807) is 24.3 Å². The maximum absolute atomic E-state index is 12.8. The highest BCUT2D eigenvalue weighted by Gasteiger charge is 2.32. The van der Waals surface area contributed by atoms with E-state index in [4.69, 9.17) is 21.7 Å². The molecule has 2 aliphatic heterocycles. The lowest BCUT2D eigenvalue weighted by atomic mass is 10.1. The maximum Gasteiger partial charge on any atom is 0.330 e. The van der Waals surface area contributed by atoms with Gasteiger partial charge in [0.15, 0.2) is 5.11 Å². The Morgan fingerprint density at radius 2 is 1.91 bits per heavy atom. The molecule has 0 aliphatic carbocycles. The molecule has 0 atom stereocenters. The minimum atomic E-state index is -0.560. The highest BCUT2D eigenvalue weighted by molar-refractivity contribution is 7.80. The van der Waals surface area contributed by atoms with Crippen molar-refractivity contribution in [3.8, 4) is 17.8 Å². The summed E-state index contributed by atoms with van der Waals surface area (Å²) in [5.74, 6) is -0.125. The Hall–Kier alpha value is -3.86. The van der Waals surface area contributed by atoms with Gasteiger partial charge in [0.25, 0.3) is 11.8 Å². The fraction of sp³-hybridized carbons (Fsp3) is 0.304. The molecule has 1 aromatic carbocycles. The number of piperidine rings is 1. The number of nitrogens with one attached hydrogen (secondary N) is 1. The van der Waals surface area contributed by atoms with Crippen LogP contribution in [0.4, 0.5) is 5.95 Å². The fourth-order valence-corrected chi connectivity index (χ4v) is 3.88. The number of hydrogen-bond donors (Lipinski definition) is 1. The lowest BCUT2D eigenvalue weighted by molar-refractivity contribution is -0.128. The zero-order valence-electron chi connectivity index (χ0n) is 18.7. The Bertz CT molecular complexity index is 1160. The number of rotatable bonds is 7. The van der Waals surface area contributed by atoms with Crippen molar-refractivity contribution in [3.63, 3.8) is 0 Å². The van der Waals surface area contributed by atoms with E-state index >= 15 is 0 Å². The predicted octanol–water partition coefficient (Wildman–Crippen LogP) is 2.48. The van der Waals surface area contributed by atoms with E-state index in [0.29, 0.717) is 17.3 Å². The van der Waals surface area contributed by atoms with Crippen LogP contribution in [0.3, 0.4) is 0 Å². The van der Waals surface area contributed by atoms with Crippen molar-refractivity contribution in [1.29, 1.82) is 0 Å². The molecule has 0 unspecified atom stereocenters. The molecular formula is C23H24N6O4S. The van der Waals surface area contributed by atoms with Gasteiger partial charge in [-0.15, -0.1) is 11.6 Å². The van der Waals surface area contributed by atoms with E-state index in [1.165, 1.54) is 30.6 Å². The van der Waals surface area contributed by atoms with Gasteiger partial charge in [-0.3, -0.25) is 19.8 Å². The molecule has 10 nitrogen and oxygen atoms in total. The number of ether oxygens (including phenoxy) is 2. The van der Waals surface area contributed by atoms with Gasteiger partial charge < -0.3 is 14.4 Å². The summed E-state index contributed by atoms with van der Waals surface area (Å²) in [7, 11) is 1.49. The second kappa shape index (κ2) is 10.4. The zero-order chi connectivity index (χ0) is 24.1. The quantitative estimate of drug-likeness (QED) is 0.277. The van der Waals surface area contributed by atoms with Gasteiger partial charge in [-0.05, 0) is 55.3 Å². The number of nitrogens with zero attached hydrogens (tertiary/aromatic N) is 5. The number of benzene rings is 1. The summed E-state index contributed by atoms with van der Waals surface area (Å²) in [6, 6.07) is 7.13. The zero-order valence-corrected chi connectivity index (χ0v) is 19.5. The van der Waals surface area contributed by atoms with Crippen LogP contribution in [0, 0.1) is 0 Å². The van der Waals surface area contributed by atoms with Crippen LogP contribution in [-0.4, -0.2) is 63.5 Å². The minimum absolute atomic E-state index is 0.0400. The molecule has 4 rings (SSSR count). The number of hydrogen-bond acceptors (Lipinski definition) is 9. The first-order valence-corrected chi connectivity index (χ1v) is 11.2. The van der Waals surface area contributed by atoms with Crippen LogP contribution in [0.25, 0.3) is 6.08 Å². The second-order valence-electron chi connectivity index (χ2n) is 7.65. The monoisotopic (exact) mass is 480 g/mol. The fourth-order valence-electron chi connectivity index (χ4n) is 3.63. The summed E-state index contributed by atoms with van der Waals surface area (Å²) < 4.78 is 11.1. The Morgan fingerprint density at radius 1 is 1.15 bits per heavy atom. The molecule has 0 spiro atoms. The predicted molar refractivity (Wildman–Crippen MR) is 130 cm³/mol. The highest BCUT2D eigenvalue weighted by Crippen LogP contribution is 2.25.